The van der Waals surface area contributed by atoms with Crippen molar-refractivity contribution in [1.29, 1.82) is 0 Å². The third-order valence-electron chi connectivity index (χ3n) is 4.41. The number of para-hydroxylation sites is 1. The van der Waals surface area contributed by atoms with Crippen LogP contribution in [0.3, 0.4) is 0 Å². The molecule has 0 radical (unpaired) electrons. The van der Waals surface area contributed by atoms with Gasteiger partial charge >= 0.3 is 7.12 Å². The van der Waals surface area contributed by atoms with Crippen LogP contribution in [0.2, 0.25) is 6.32 Å². The van der Waals surface area contributed by atoms with Gasteiger partial charge in [-0.05, 0) is 42.9 Å². The van der Waals surface area contributed by atoms with Gasteiger partial charge in [-0.3, -0.25) is 0 Å². The molecule has 0 amide bonds. The van der Waals surface area contributed by atoms with Crippen LogP contribution in [0.25, 0.3) is 6.08 Å². The summed E-state index contributed by atoms with van der Waals surface area (Å²) in [6.07, 6.45) is 6.05. The van der Waals surface area contributed by atoms with E-state index in [9.17, 15) is 10.1 Å². The van der Waals surface area contributed by atoms with Gasteiger partial charge in [0.05, 0.1) is 6.10 Å². The molecule has 1 aliphatic rings. The topological polar surface area (TPSA) is 49.7 Å². The van der Waals surface area contributed by atoms with Gasteiger partial charge in [0, 0.05) is 11.9 Å². The Morgan fingerprint density at radius 3 is 2.79 bits per heavy atom. The summed E-state index contributed by atoms with van der Waals surface area (Å²) in [4.78, 5) is 0. The van der Waals surface area contributed by atoms with E-state index in [0.717, 1.165) is 35.1 Å². The second-order valence-electron chi connectivity index (χ2n) is 6.74. The zero-order valence-electron chi connectivity index (χ0n) is 14.8. The van der Waals surface area contributed by atoms with Gasteiger partial charge in [0.15, 0.2) is 0 Å². The molecule has 1 atom stereocenters. The van der Waals surface area contributed by atoms with Gasteiger partial charge < -0.3 is 14.8 Å². The summed E-state index contributed by atoms with van der Waals surface area (Å²) in [6.45, 7) is 10.5. The van der Waals surface area contributed by atoms with Crippen LogP contribution in [0.1, 0.15) is 39.2 Å². The van der Waals surface area contributed by atoms with Crippen LogP contribution < -0.4 is 0 Å². The molecule has 2 N–H and O–H groups in total. The zero-order chi connectivity index (χ0) is 17.7. The van der Waals surface area contributed by atoms with Crippen molar-refractivity contribution in [3.8, 4) is 5.75 Å². The number of aromatic hydroxyl groups is 1. The molecule has 0 fully saturated rings. The lowest BCUT2D eigenvalue weighted by Gasteiger charge is -2.29. The smallest absolute Gasteiger partial charge is 0.458 e. The second kappa shape index (κ2) is 8.36. The number of allylic oxidation sites excluding steroid dienone is 2. The van der Waals surface area contributed by atoms with E-state index in [1.165, 1.54) is 0 Å². The van der Waals surface area contributed by atoms with Crippen LogP contribution in [0.5, 0.6) is 5.75 Å². The highest BCUT2D eigenvalue weighted by Crippen LogP contribution is 2.31. The maximum absolute atomic E-state index is 9.86. The van der Waals surface area contributed by atoms with Gasteiger partial charge in [-0.2, -0.15) is 0 Å². The van der Waals surface area contributed by atoms with Gasteiger partial charge in [-0.25, -0.2) is 0 Å². The van der Waals surface area contributed by atoms with Crippen LogP contribution in [-0.2, 0) is 4.65 Å². The highest BCUT2D eigenvalue weighted by Gasteiger charge is 2.28. The average molecular weight is 326 g/mol. The van der Waals surface area contributed by atoms with E-state index in [1.54, 1.807) is 6.07 Å². The standard InChI is InChI=1S/C20H27BO3/c1-14(2)16(4)18-11-12-21(23)24-20(18)10-9-15(3)13-17-7-5-6-8-19(17)22/h5-8,11,13-14,20,22-23H,4,9-10,12H2,1-3H3/b15-13+. The van der Waals surface area contributed by atoms with E-state index in [0.29, 0.717) is 12.2 Å². The highest BCUT2D eigenvalue weighted by molar-refractivity contribution is 6.43. The molecule has 1 aromatic carbocycles. The van der Waals surface area contributed by atoms with Gasteiger partial charge in [0.1, 0.15) is 5.75 Å². The first-order valence-corrected chi connectivity index (χ1v) is 8.56. The Balaban J connectivity index is 2.06. The van der Waals surface area contributed by atoms with Crippen molar-refractivity contribution in [3.05, 3.63) is 59.2 Å². The van der Waals surface area contributed by atoms with Crippen LogP contribution in [0, 0.1) is 5.92 Å². The molecule has 128 valence electrons. The first-order chi connectivity index (χ1) is 11.4. The van der Waals surface area contributed by atoms with Crippen LogP contribution in [0.4, 0.5) is 0 Å². The minimum Gasteiger partial charge on any atom is -0.507 e. The number of phenols is 1. The van der Waals surface area contributed by atoms with E-state index >= 15 is 0 Å². The Morgan fingerprint density at radius 2 is 2.12 bits per heavy atom. The van der Waals surface area contributed by atoms with Crippen molar-refractivity contribution in [1.82, 2.24) is 0 Å². The molecule has 0 aliphatic carbocycles. The van der Waals surface area contributed by atoms with Crippen LogP contribution in [-0.4, -0.2) is 23.4 Å². The fraction of sp³-hybridized carbons (Fsp3) is 0.400. The fourth-order valence-corrected chi connectivity index (χ4v) is 2.88. The van der Waals surface area contributed by atoms with Gasteiger partial charge in [-0.1, -0.05) is 56.4 Å². The molecule has 0 aromatic heterocycles. The van der Waals surface area contributed by atoms with Gasteiger partial charge in [0.25, 0.3) is 0 Å². The summed E-state index contributed by atoms with van der Waals surface area (Å²) in [5, 5.41) is 19.7. The van der Waals surface area contributed by atoms with E-state index in [4.69, 9.17) is 4.65 Å². The molecule has 0 spiro atoms. The number of phenolic OH excluding ortho intramolecular Hbond substituents is 1. The summed E-state index contributed by atoms with van der Waals surface area (Å²) in [6, 6.07) is 7.31. The SMILES string of the molecule is C=C(C1=CCB(O)OC1CC/C(C)=C/c1ccccc1O)C(C)C. The van der Waals surface area contributed by atoms with Crippen molar-refractivity contribution in [2.45, 2.75) is 46.0 Å². The molecule has 0 bridgehead atoms. The Morgan fingerprint density at radius 1 is 1.42 bits per heavy atom. The summed E-state index contributed by atoms with van der Waals surface area (Å²) >= 11 is 0. The monoisotopic (exact) mass is 326 g/mol. The predicted octanol–water partition coefficient (Wildman–Crippen LogP) is 4.59. The number of rotatable bonds is 6. The predicted molar refractivity (Wildman–Crippen MR) is 101 cm³/mol. The van der Waals surface area contributed by atoms with Crippen LogP contribution in [0.15, 0.2) is 53.6 Å². The first kappa shape index (κ1) is 18.6. The number of hydrogen-bond acceptors (Lipinski definition) is 3. The number of hydrogen-bond donors (Lipinski definition) is 2. The number of benzene rings is 1. The van der Waals surface area contributed by atoms with Crippen molar-refractivity contribution in [3.63, 3.8) is 0 Å². The van der Waals surface area contributed by atoms with Crippen LogP contribution >= 0.6 is 0 Å². The minimum absolute atomic E-state index is 0.128. The Labute approximate surface area is 145 Å². The molecular weight excluding hydrogens is 299 g/mol. The molecule has 3 nitrogen and oxygen atoms in total. The molecule has 1 unspecified atom stereocenters. The normalized spacial score (nSPS) is 18.7. The first-order valence-electron chi connectivity index (χ1n) is 8.56. The highest BCUT2D eigenvalue weighted by atomic mass is 16.5. The Hall–Kier alpha value is -1.78. The Kier molecular flexibility index (Phi) is 6.47. The van der Waals surface area contributed by atoms with Crippen molar-refractivity contribution >= 4 is 13.2 Å². The van der Waals surface area contributed by atoms with Gasteiger partial charge in [0.2, 0.25) is 0 Å². The molecule has 2 rings (SSSR count). The maximum atomic E-state index is 9.86. The molecule has 1 heterocycles. The largest absolute Gasteiger partial charge is 0.507 e. The van der Waals surface area contributed by atoms with Gasteiger partial charge in [-0.15, -0.1) is 0 Å². The minimum atomic E-state index is -0.735. The second-order valence-corrected chi connectivity index (χ2v) is 6.74. The molecular formula is C20H27BO3. The molecule has 4 heteroatoms. The maximum Gasteiger partial charge on any atom is 0.458 e. The van der Waals surface area contributed by atoms with Crippen molar-refractivity contribution in [2.24, 2.45) is 5.92 Å². The summed E-state index contributed by atoms with van der Waals surface area (Å²) in [7, 11) is -0.735. The lowest BCUT2D eigenvalue weighted by atomic mass is 9.76. The van der Waals surface area contributed by atoms with E-state index in [-0.39, 0.29) is 11.9 Å². The lowest BCUT2D eigenvalue weighted by molar-refractivity contribution is 0.182. The van der Waals surface area contributed by atoms with E-state index in [1.807, 2.05) is 31.2 Å². The Bertz CT molecular complexity index is 646. The molecule has 0 saturated carbocycles. The quantitative estimate of drug-likeness (QED) is 0.752. The molecule has 1 aromatic rings. The lowest BCUT2D eigenvalue weighted by Crippen LogP contribution is -2.32. The summed E-state index contributed by atoms with van der Waals surface area (Å²) in [5.74, 6) is 0.644. The third-order valence-corrected chi connectivity index (χ3v) is 4.41. The molecule has 1 aliphatic heterocycles. The summed E-state index contributed by atoms with van der Waals surface area (Å²) < 4.78 is 5.74. The van der Waals surface area contributed by atoms with E-state index in [2.05, 4.69) is 26.5 Å². The molecule has 24 heavy (non-hydrogen) atoms. The summed E-state index contributed by atoms with van der Waals surface area (Å²) in [5.41, 5.74) is 4.18. The van der Waals surface area contributed by atoms with E-state index < -0.39 is 7.12 Å². The fourth-order valence-electron chi connectivity index (χ4n) is 2.88. The molecule has 0 saturated heterocycles. The third kappa shape index (κ3) is 4.86. The van der Waals surface area contributed by atoms with Crippen molar-refractivity contribution in [2.75, 3.05) is 0 Å². The van der Waals surface area contributed by atoms with Crippen molar-refractivity contribution < 1.29 is 14.8 Å². The zero-order valence-corrected chi connectivity index (χ0v) is 14.8. The average Bonchev–Trinajstić information content (AvgIpc) is 2.54.